The molecule has 0 N–H and O–H groups in total. The standard InChI is InChI=1S/C23H30N2/c1-6-17-24(4)19-14-11-18(12-15-19)13-16-22-23(2,3)20-9-7-8-10-21(20)25(22)5/h7-16,22H,6,17H2,1-5H3/b16-13+. The summed E-state index contributed by atoms with van der Waals surface area (Å²) < 4.78 is 0. The molecule has 0 fully saturated rings. The number of anilines is 2. The van der Waals surface area contributed by atoms with Crippen LogP contribution in [0.25, 0.3) is 6.08 Å². The third-order valence-corrected chi connectivity index (χ3v) is 5.50. The minimum atomic E-state index is 0.114. The summed E-state index contributed by atoms with van der Waals surface area (Å²) in [5.74, 6) is 0. The van der Waals surface area contributed by atoms with Gasteiger partial charge in [-0.25, -0.2) is 0 Å². The zero-order valence-corrected chi connectivity index (χ0v) is 16.2. The normalized spacial score (nSPS) is 18.6. The van der Waals surface area contributed by atoms with Gasteiger partial charge in [0.05, 0.1) is 6.04 Å². The summed E-state index contributed by atoms with van der Waals surface area (Å²) in [6, 6.07) is 18.0. The van der Waals surface area contributed by atoms with Crippen LogP contribution in [0.5, 0.6) is 0 Å². The Bertz CT molecular complexity index is 743. The average molecular weight is 335 g/mol. The smallest absolute Gasteiger partial charge is 0.0565 e. The molecule has 1 heterocycles. The van der Waals surface area contributed by atoms with Crippen LogP contribution in [-0.4, -0.2) is 26.7 Å². The van der Waals surface area contributed by atoms with Crippen molar-refractivity contribution < 1.29 is 0 Å². The monoisotopic (exact) mass is 334 g/mol. The molecular weight excluding hydrogens is 304 g/mol. The number of benzene rings is 2. The van der Waals surface area contributed by atoms with E-state index in [0.29, 0.717) is 6.04 Å². The average Bonchev–Trinajstić information content (AvgIpc) is 2.81. The van der Waals surface area contributed by atoms with Gasteiger partial charge in [0.25, 0.3) is 0 Å². The van der Waals surface area contributed by atoms with Crippen LogP contribution in [-0.2, 0) is 5.41 Å². The maximum atomic E-state index is 2.40. The lowest BCUT2D eigenvalue weighted by atomic mass is 9.80. The van der Waals surface area contributed by atoms with Gasteiger partial charge in [0.1, 0.15) is 0 Å². The molecule has 2 nitrogen and oxygen atoms in total. The number of fused-ring (bicyclic) bond motifs is 1. The minimum absolute atomic E-state index is 0.114. The SMILES string of the molecule is CCCN(C)c1ccc(/C=C/C2N(C)c3ccccc3C2(C)C)cc1. The molecule has 2 aromatic carbocycles. The first-order chi connectivity index (χ1) is 11.9. The van der Waals surface area contributed by atoms with E-state index in [2.05, 4.69) is 105 Å². The van der Waals surface area contributed by atoms with Crippen LogP contribution >= 0.6 is 0 Å². The maximum absolute atomic E-state index is 2.40. The first-order valence-corrected chi connectivity index (χ1v) is 9.27. The first kappa shape index (κ1) is 17.6. The summed E-state index contributed by atoms with van der Waals surface area (Å²) >= 11 is 0. The van der Waals surface area contributed by atoms with Crippen molar-refractivity contribution in [1.29, 1.82) is 0 Å². The van der Waals surface area contributed by atoms with Crippen LogP contribution in [0.1, 0.15) is 38.3 Å². The van der Waals surface area contributed by atoms with E-state index in [9.17, 15) is 0 Å². The topological polar surface area (TPSA) is 6.48 Å². The molecule has 1 unspecified atom stereocenters. The molecule has 0 aromatic heterocycles. The van der Waals surface area contributed by atoms with Gasteiger partial charge in [-0.2, -0.15) is 0 Å². The van der Waals surface area contributed by atoms with Gasteiger partial charge in [-0.05, 0) is 35.7 Å². The molecule has 0 saturated heterocycles. The Balaban J connectivity index is 1.78. The van der Waals surface area contributed by atoms with Crippen LogP contribution in [0.4, 0.5) is 11.4 Å². The summed E-state index contributed by atoms with van der Waals surface area (Å²) in [5, 5.41) is 0. The highest BCUT2D eigenvalue weighted by atomic mass is 15.2. The Labute approximate surface area is 152 Å². The fourth-order valence-electron chi connectivity index (χ4n) is 4.00. The molecule has 1 aliphatic rings. The summed E-state index contributed by atoms with van der Waals surface area (Å²) in [6.45, 7) is 7.99. The van der Waals surface area contributed by atoms with Gasteiger partial charge in [-0.3, -0.25) is 0 Å². The lowest BCUT2D eigenvalue weighted by molar-refractivity contribution is 0.489. The molecular formula is C23H30N2. The van der Waals surface area contributed by atoms with Crippen molar-refractivity contribution in [2.24, 2.45) is 0 Å². The predicted molar refractivity (Wildman–Crippen MR) is 111 cm³/mol. The van der Waals surface area contributed by atoms with E-state index in [1.807, 2.05) is 0 Å². The molecule has 0 saturated carbocycles. The van der Waals surface area contributed by atoms with Crippen LogP contribution < -0.4 is 9.80 Å². The number of para-hydroxylation sites is 1. The Hall–Kier alpha value is -2.22. The van der Waals surface area contributed by atoms with Crippen molar-refractivity contribution in [1.82, 2.24) is 0 Å². The molecule has 0 radical (unpaired) electrons. The maximum Gasteiger partial charge on any atom is 0.0565 e. The Kier molecular flexibility index (Phi) is 4.89. The summed E-state index contributed by atoms with van der Waals surface area (Å²) in [4.78, 5) is 4.70. The molecule has 0 spiro atoms. The first-order valence-electron chi connectivity index (χ1n) is 9.27. The van der Waals surface area contributed by atoms with Crippen molar-refractivity contribution in [3.05, 3.63) is 65.7 Å². The van der Waals surface area contributed by atoms with Gasteiger partial charge in [0, 0.05) is 37.4 Å². The molecule has 132 valence electrons. The Morgan fingerprint density at radius 3 is 2.40 bits per heavy atom. The molecule has 2 heteroatoms. The van der Waals surface area contributed by atoms with Gasteiger partial charge in [-0.1, -0.05) is 63.3 Å². The fourth-order valence-corrected chi connectivity index (χ4v) is 4.00. The zero-order valence-electron chi connectivity index (χ0n) is 16.2. The highest BCUT2D eigenvalue weighted by Gasteiger charge is 2.41. The van der Waals surface area contributed by atoms with Gasteiger partial charge < -0.3 is 9.80 Å². The number of rotatable bonds is 5. The molecule has 0 amide bonds. The predicted octanol–water partition coefficient (Wildman–Crippen LogP) is 5.34. The summed E-state index contributed by atoms with van der Waals surface area (Å²) in [6.07, 6.45) is 5.78. The van der Waals surface area contributed by atoms with Crippen molar-refractivity contribution >= 4 is 17.5 Å². The number of likely N-dealkylation sites (N-methyl/N-ethyl adjacent to an activating group) is 1. The van der Waals surface area contributed by atoms with Gasteiger partial charge in [-0.15, -0.1) is 0 Å². The Morgan fingerprint density at radius 1 is 1.08 bits per heavy atom. The van der Waals surface area contributed by atoms with Gasteiger partial charge in [0.15, 0.2) is 0 Å². The van der Waals surface area contributed by atoms with E-state index in [1.54, 1.807) is 0 Å². The Morgan fingerprint density at radius 2 is 1.76 bits per heavy atom. The highest BCUT2D eigenvalue weighted by molar-refractivity contribution is 5.66. The number of hydrogen-bond donors (Lipinski definition) is 0. The van der Waals surface area contributed by atoms with Crippen molar-refractivity contribution in [3.8, 4) is 0 Å². The largest absolute Gasteiger partial charge is 0.375 e. The van der Waals surface area contributed by atoms with Gasteiger partial charge in [0.2, 0.25) is 0 Å². The van der Waals surface area contributed by atoms with E-state index in [1.165, 1.54) is 28.9 Å². The van der Waals surface area contributed by atoms with E-state index < -0.39 is 0 Å². The van der Waals surface area contributed by atoms with Crippen molar-refractivity contribution in [3.63, 3.8) is 0 Å². The molecule has 2 aromatic rings. The minimum Gasteiger partial charge on any atom is -0.375 e. The molecule has 1 aliphatic heterocycles. The number of hydrogen-bond acceptors (Lipinski definition) is 2. The second-order valence-corrected chi connectivity index (χ2v) is 7.67. The molecule has 0 aliphatic carbocycles. The van der Waals surface area contributed by atoms with Crippen LogP contribution in [0.15, 0.2) is 54.6 Å². The van der Waals surface area contributed by atoms with E-state index in [0.717, 1.165) is 6.54 Å². The second-order valence-electron chi connectivity index (χ2n) is 7.67. The summed E-state index contributed by atoms with van der Waals surface area (Å²) in [7, 11) is 4.35. The third kappa shape index (κ3) is 3.30. The van der Waals surface area contributed by atoms with Crippen molar-refractivity contribution in [2.45, 2.75) is 38.6 Å². The van der Waals surface area contributed by atoms with Crippen LogP contribution in [0.3, 0.4) is 0 Å². The number of nitrogens with zero attached hydrogens (tertiary/aromatic N) is 2. The molecule has 1 atom stereocenters. The van der Waals surface area contributed by atoms with E-state index >= 15 is 0 Å². The molecule has 3 rings (SSSR count). The van der Waals surface area contributed by atoms with Crippen LogP contribution in [0.2, 0.25) is 0 Å². The molecule has 25 heavy (non-hydrogen) atoms. The lowest BCUT2D eigenvalue weighted by Crippen LogP contribution is -2.37. The van der Waals surface area contributed by atoms with Crippen molar-refractivity contribution in [2.75, 3.05) is 30.4 Å². The zero-order chi connectivity index (χ0) is 18.0. The highest BCUT2D eigenvalue weighted by Crippen LogP contribution is 2.44. The quantitative estimate of drug-likeness (QED) is 0.728. The van der Waals surface area contributed by atoms with E-state index in [4.69, 9.17) is 0 Å². The fraction of sp³-hybridized carbons (Fsp3) is 0.391. The second kappa shape index (κ2) is 6.95. The molecule has 0 bridgehead atoms. The van der Waals surface area contributed by atoms with E-state index in [-0.39, 0.29) is 5.41 Å². The summed E-state index contributed by atoms with van der Waals surface area (Å²) in [5.41, 5.74) is 5.43. The lowest BCUT2D eigenvalue weighted by Gasteiger charge is -2.29. The van der Waals surface area contributed by atoms with Gasteiger partial charge >= 0.3 is 0 Å². The van der Waals surface area contributed by atoms with Crippen LogP contribution in [0, 0.1) is 0 Å². The third-order valence-electron chi connectivity index (χ3n) is 5.50.